The van der Waals surface area contributed by atoms with E-state index in [4.69, 9.17) is 9.84 Å². The average Bonchev–Trinajstić information content (AvgIpc) is 3.17. The van der Waals surface area contributed by atoms with Crippen molar-refractivity contribution in [1.82, 2.24) is 19.1 Å². The number of aromatic nitrogens is 4. The van der Waals surface area contributed by atoms with Gasteiger partial charge in [-0.1, -0.05) is 0 Å². The molecule has 4 heterocycles. The highest BCUT2D eigenvalue weighted by Gasteiger charge is 2.37. The predicted octanol–water partition coefficient (Wildman–Crippen LogP) is -2.53. The van der Waals surface area contributed by atoms with E-state index >= 15 is 0 Å². The summed E-state index contributed by atoms with van der Waals surface area (Å²) in [5.74, 6) is 0.0153. The van der Waals surface area contributed by atoms with Crippen LogP contribution in [0.25, 0.3) is 11.2 Å². The zero-order valence-electron chi connectivity index (χ0n) is 11.8. The van der Waals surface area contributed by atoms with Crippen molar-refractivity contribution in [2.45, 2.75) is 37.3 Å². The molecule has 0 aliphatic carbocycles. The molecule has 0 spiro atoms. The number of anilines is 1. The van der Waals surface area contributed by atoms with Gasteiger partial charge in [-0.05, 0) is 0 Å². The van der Waals surface area contributed by atoms with Crippen LogP contribution < -0.4 is 10.9 Å². The van der Waals surface area contributed by atoms with Gasteiger partial charge in [0.05, 0.1) is 19.0 Å². The van der Waals surface area contributed by atoms with Gasteiger partial charge in [-0.2, -0.15) is 4.98 Å². The average molecular weight is 325 g/mol. The minimum atomic E-state index is -1.44. The van der Waals surface area contributed by atoms with Crippen molar-refractivity contribution in [2.24, 2.45) is 0 Å². The Morgan fingerprint density at radius 3 is 2.87 bits per heavy atom. The number of hydrogen-bond donors (Lipinski definition) is 5. The first-order valence-electron chi connectivity index (χ1n) is 7.07. The van der Waals surface area contributed by atoms with E-state index in [1.807, 2.05) is 0 Å². The number of ether oxygens (including phenoxy) is 1. The Morgan fingerprint density at radius 2 is 2.17 bits per heavy atom. The van der Waals surface area contributed by atoms with Gasteiger partial charge in [-0.15, -0.1) is 0 Å². The molecule has 124 valence electrons. The maximum absolute atomic E-state index is 12.4. The molecule has 2 aliphatic rings. The highest BCUT2D eigenvalue weighted by Crippen LogP contribution is 2.31. The lowest BCUT2D eigenvalue weighted by Crippen LogP contribution is -2.27. The van der Waals surface area contributed by atoms with Crippen LogP contribution in [0.2, 0.25) is 0 Å². The summed E-state index contributed by atoms with van der Waals surface area (Å²) in [5.41, 5.74) is -0.391. The second-order valence-corrected chi connectivity index (χ2v) is 5.55. The topological polar surface area (TPSA) is 155 Å². The number of fused-ring (bicyclic) bond motifs is 2. The third-order valence-corrected chi connectivity index (χ3v) is 4.15. The predicted molar refractivity (Wildman–Crippen MR) is 74.3 cm³/mol. The van der Waals surface area contributed by atoms with Crippen molar-refractivity contribution in [3.8, 4) is 0 Å². The molecule has 2 aliphatic heterocycles. The molecular formula is C12H15N5O6. The lowest BCUT2D eigenvalue weighted by Gasteiger charge is -2.14. The van der Waals surface area contributed by atoms with Gasteiger partial charge in [0.1, 0.15) is 12.3 Å². The second-order valence-electron chi connectivity index (χ2n) is 5.55. The first-order valence-corrected chi connectivity index (χ1v) is 7.07. The summed E-state index contributed by atoms with van der Waals surface area (Å²) in [5, 5.41) is 40.9. The van der Waals surface area contributed by atoms with Gasteiger partial charge in [0.15, 0.2) is 23.6 Å². The maximum atomic E-state index is 12.4. The van der Waals surface area contributed by atoms with Gasteiger partial charge >= 0.3 is 0 Å². The van der Waals surface area contributed by atoms with E-state index < -0.39 is 36.5 Å². The Balaban J connectivity index is 1.81. The fourth-order valence-corrected chi connectivity index (χ4v) is 2.94. The molecule has 1 fully saturated rings. The molecule has 11 heteroatoms. The standard InChI is InChI=1S/C12H15N5O6/c18-2-5-4(19)1-6(23-5)16-3-13-7-8(16)14-12-15-9(20)11(22)17(12)10(7)21/h3-6,9,11,18-20,22H,1-2H2,(H,14,15)/t4-,5-,6-,9?,11?/m1/s1. The van der Waals surface area contributed by atoms with Gasteiger partial charge in [-0.25, -0.2) is 9.55 Å². The van der Waals surface area contributed by atoms with Gasteiger partial charge in [0, 0.05) is 6.42 Å². The van der Waals surface area contributed by atoms with Crippen LogP contribution in [-0.4, -0.2) is 64.6 Å². The Labute approximate surface area is 128 Å². The molecule has 0 saturated carbocycles. The van der Waals surface area contributed by atoms with Crippen molar-refractivity contribution < 1.29 is 25.2 Å². The smallest absolute Gasteiger partial charge is 0.285 e. The van der Waals surface area contributed by atoms with Gasteiger partial charge in [0.2, 0.25) is 5.95 Å². The van der Waals surface area contributed by atoms with E-state index in [9.17, 15) is 20.1 Å². The van der Waals surface area contributed by atoms with Gasteiger partial charge < -0.3 is 30.5 Å². The summed E-state index contributed by atoms with van der Waals surface area (Å²) in [6.45, 7) is -0.324. The summed E-state index contributed by atoms with van der Waals surface area (Å²) in [6, 6.07) is 0. The zero-order chi connectivity index (χ0) is 16.3. The first kappa shape index (κ1) is 14.5. The molecule has 23 heavy (non-hydrogen) atoms. The molecule has 0 radical (unpaired) electrons. The second kappa shape index (κ2) is 4.97. The van der Waals surface area contributed by atoms with E-state index in [0.29, 0.717) is 0 Å². The fraction of sp³-hybridized carbons (Fsp3) is 0.583. The monoisotopic (exact) mass is 325 g/mol. The van der Waals surface area contributed by atoms with Crippen LogP contribution in [0, 0.1) is 0 Å². The molecule has 11 nitrogen and oxygen atoms in total. The highest BCUT2D eigenvalue weighted by atomic mass is 16.5. The van der Waals surface area contributed by atoms with Crippen molar-refractivity contribution >= 4 is 17.1 Å². The van der Waals surface area contributed by atoms with Crippen LogP contribution in [-0.2, 0) is 4.74 Å². The lowest BCUT2D eigenvalue weighted by atomic mass is 10.2. The van der Waals surface area contributed by atoms with Crippen molar-refractivity contribution in [3.05, 3.63) is 16.7 Å². The number of aliphatic hydroxyl groups is 4. The van der Waals surface area contributed by atoms with Crippen LogP contribution in [0.3, 0.4) is 0 Å². The molecule has 2 aromatic rings. The summed E-state index contributed by atoms with van der Waals surface area (Å²) in [6.07, 6.45) is -3.38. The summed E-state index contributed by atoms with van der Waals surface area (Å²) < 4.78 is 7.93. The number of rotatable bonds is 2. The molecule has 5 atom stereocenters. The Morgan fingerprint density at radius 1 is 1.39 bits per heavy atom. The number of aliphatic hydroxyl groups excluding tert-OH is 4. The molecule has 2 unspecified atom stereocenters. The van der Waals surface area contributed by atoms with E-state index in [1.54, 1.807) is 0 Å². The molecule has 0 amide bonds. The molecule has 1 saturated heterocycles. The maximum Gasteiger partial charge on any atom is 0.285 e. The van der Waals surface area contributed by atoms with Crippen molar-refractivity contribution in [1.29, 1.82) is 0 Å². The Kier molecular flexibility index (Phi) is 3.14. The van der Waals surface area contributed by atoms with Crippen LogP contribution in [0.1, 0.15) is 18.9 Å². The van der Waals surface area contributed by atoms with E-state index in [2.05, 4.69) is 15.3 Å². The zero-order valence-corrected chi connectivity index (χ0v) is 11.8. The van der Waals surface area contributed by atoms with Gasteiger partial charge in [-0.3, -0.25) is 9.36 Å². The van der Waals surface area contributed by atoms with Crippen LogP contribution >= 0.6 is 0 Å². The van der Waals surface area contributed by atoms with E-state index in [1.165, 1.54) is 10.9 Å². The summed E-state index contributed by atoms with van der Waals surface area (Å²) in [4.78, 5) is 20.6. The van der Waals surface area contributed by atoms with Crippen molar-refractivity contribution in [2.75, 3.05) is 11.9 Å². The number of imidazole rings is 1. The third kappa shape index (κ3) is 1.98. The Hall–Kier alpha value is -2.05. The SMILES string of the molecule is O=c1c2ncn([C@H]3C[C@@H](O)[C@@H](CO)O3)c2nc2n1C(O)C(O)N2. The fourth-order valence-electron chi connectivity index (χ4n) is 2.94. The van der Waals surface area contributed by atoms with E-state index in [0.717, 1.165) is 4.57 Å². The van der Waals surface area contributed by atoms with Gasteiger partial charge in [0.25, 0.3) is 5.56 Å². The summed E-state index contributed by atoms with van der Waals surface area (Å²) >= 11 is 0. The quantitative estimate of drug-likeness (QED) is 0.402. The molecule has 0 bridgehead atoms. The molecule has 2 aromatic heterocycles. The number of hydrogen-bond acceptors (Lipinski definition) is 9. The summed E-state index contributed by atoms with van der Waals surface area (Å²) in [7, 11) is 0. The van der Waals surface area contributed by atoms with Crippen molar-refractivity contribution in [3.63, 3.8) is 0 Å². The minimum absolute atomic E-state index is 0.00855. The molecule has 0 aromatic carbocycles. The molecule has 5 N–H and O–H groups in total. The Bertz CT molecular complexity index is 818. The van der Waals surface area contributed by atoms with Crippen LogP contribution in [0.5, 0.6) is 0 Å². The largest absolute Gasteiger partial charge is 0.394 e. The normalized spacial score (nSPS) is 33.1. The highest BCUT2D eigenvalue weighted by molar-refractivity contribution is 5.71. The molecule has 4 rings (SSSR count). The third-order valence-electron chi connectivity index (χ3n) is 4.15. The molecular weight excluding hydrogens is 310 g/mol. The van der Waals surface area contributed by atoms with Crippen LogP contribution in [0.15, 0.2) is 11.1 Å². The lowest BCUT2D eigenvalue weighted by molar-refractivity contribution is -0.0432. The number of nitrogens with zero attached hydrogens (tertiary/aromatic N) is 4. The minimum Gasteiger partial charge on any atom is -0.394 e. The van der Waals surface area contributed by atoms with Crippen LogP contribution in [0.4, 0.5) is 5.95 Å². The van der Waals surface area contributed by atoms with E-state index in [-0.39, 0.29) is 30.1 Å². The first-order chi connectivity index (χ1) is 11.0. The number of nitrogens with one attached hydrogen (secondary N) is 1.